The summed E-state index contributed by atoms with van der Waals surface area (Å²) >= 11 is 0. The third kappa shape index (κ3) is 3.31. The average Bonchev–Trinajstić information content (AvgIpc) is 2.70. The molecule has 138 valence electrons. The average molecular weight is 368 g/mol. The van der Waals surface area contributed by atoms with Crippen LogP contribution in [0.5, 0.6) is 0 Å². The lowest BCUT2D eigenvalue weighted by atomic mass is 10.1. The second kappa shape index (κ2) is 6.92. The van der Waals surface area contributed by atoms with Gasteiger partial charge in [0.2, 0.25) is 0 Å². The summed E-state index contributed by atoms with van der Waals surface area (Å²) in [6.07, 6.45) is 0. The van der Waals surface area contributed by atoms with Gasteiger partial charge >= 0.3 is 0 Å². The SMILES string of the molecule is Nc1ccc(-c2ccc(N)c(-c3nc(-c4ccc(N)cc4)ccc3N)n2)cc1. The zero-order valence-electron chi connectivity index (χ0n) is 15.1. The minimum absolute atomic E-state index is 0.507. The fraction of sp³-hybridized carbons (Fsp3) is 0. The summed E-state index contributed by atoms with van der Waals surface area (Å²) in [7, 11) is 0. The first-order valence-electron chi connectivity index (χ1n) is 8.76. The highest BCUT2D eigenvalue weighted by molar-refractivity contribution is 5.82. The summed E-state index contributed by atoms with van der Waals surface area (Å²) in [5.41, 5.74) is 30.9. The van der Waals surface area contributed by atoms with E-state index in [9.17, 15) is 0 Å². The van der Waals surface area contributed by atoms with E-state index in [1.807, 2.05) is 72.8 Å². The maximum absolute atomic E-state index is 6.21. The molecule has 0 aliphatic carbocycles. The van der Waals surface area contributed by atoms with E-state index in [1.54, 1.807) is 0 Å². The minimum Gasteiger partial charge on any atom is -0.399 e. The lowest BCUT2D eigenvalue weighted by Gasteiger charge is -2.12. The summed E-state index contributed by atoms with van der Waals surface area (Å²) in [6, 6.07) is 22.4. The molecule has 0 radical (unpaired) electrons. The Labute approximate surface area is 162 Å². The van der Waals surface area contributed by atoms with E-state index in [2.05, 4.69) is 0 Å². The van der Waals surface area contributed by atoms with Crippen molar-refractivity contribution in [1.82, 2.24) is 9.97 Å². The molecular weight excluding hydrogens is 348 g/mol. The van der Waals surface area contributed by atoms with Crippen molar-refractivity contribution in [2.45, 2.75) is 0 Å². The molecule has 2 aromatic heterocycles. The number of benzene rings is 2. The van der Waals surface area contributed by atoms with Crippen LogP contribution in [0.15, 0.2) is 72.8 Å². The number of rotatable bonds is 3. The molecule has 0 saturated heterocycles. The Morgan fingerprint density at radius 2 is 0.786 bits per heavy atom. The van der Waals surface area contributed by atoms with Gasteiger partial charge in [-0.15, -0.1) is 0 Å². The van der Waals surface area contributed by atoms with Crippen LogP contribution in [0.3, 0.4) is 0 Å². The highest BCUT2D eigenvalue weighted by Gasteiger charge is 2.14. The van der Waals surface area contributed by atoms with Gasteiger partial charge in [0.15, 0.2) is 0 Å². The standard InChI is InChI=1S/C22H20N6/c23-15-5-1-13(2-6-15)19-11-9-17(25)21(27-19)22-18(26)10-12-20(28-22)14-3-7-16(24)8-4-14/h1-12H,23-26H2. The van der Waals surface area contributed by atoms with Gasteiger partial charge in [-0.1, -0.05) is 24.3 Å². The Bertz CT molecular complexity index is 1040. The van der Waals surface area contributed by atoms with Crippen molar-refractivity contribution < 1.29 is 0 Å². The maximum atomic E-state index is 6.21. The normalized spacial score (nSPS) is 10.7. The van der Waals surface area contributed by atoms with Gasteiger partial charge in [0.1, 0.15) is 11.4 Å². The van der Waals surface area contributed by atoms with Gasteiger partial charge in [0.25, 0.3) is 0 Å². The largest absolute Gasteiger partial charge is 0.399 e. The van der Waals surface area contributed by atoms with Crippen molar-refractivity contribution in [3.63, 3.8) is 0 Å². The molecular formula is C22H20N6. The molecule has 0 aliphatic heterocycles. The number of hydrogen-bond acceptors (Lipinski definition) is 6. The van der Waals surface area contributed by atoms with E-state index in [0.717, 1.165) is 22.5 Å². The van der Waals surface area contributed by atoms with Gasteiger partial charge in [0.05, 0.1) is 22.8 Å². The molecule has 2 aromatic carbocycles. The molecule has 0 aliphatic rings. The number of nitrogen functional groups attached to an aromatic ring is 4. The van der Waals surface area contributed by atoms with Crippen LogP contribution in [0.1, 0.15) is 0 Å². The third-order valence-corrected chi connectivity index (χ3v) is 4.49. The minimum atomic E-state index is 0.507. The van der Waals surface area contributed by atoms with Crippen LogP contribution >= 0.6 is 0 Å². The lowest BCUT2D eigenvalue weighted by Crippen LogP contribution is -2.01. The fourth-order valence-corrected chi connectivity index (χ4v) is 2.95. The number of hydrogen-bond donors (Lipinski definition) is 4. The smallest absolute Gasteiger partial charge is 0.114 e. The second-order valence-corrected chi connectivity index (χ2v) is 6.51. The highest BCUT2D eigenvalue weighted by Crippen LogP contribution is 2.32. The predicted molar refractivity (Wildman–Crippen MR) is 116 cm³/mol. The van der Waals surface area contributed by atoms with Crippen LogP contribution in [0.4, 0.5) is 22.7 Å². The topological polar surface area (TPSA) is 130 Å². The molecule has 6 heteroatoms. The maximum Gasteiger partial charge on any atom is 0.114 e. The molecule has 2 heterocycles. The van der Waals surface area contributed by atoms with E-state index in [1.165, 1.54) is 0 Å². The molecule has 0 atom stereocenters. The Morgan fingerprint density at radius 3 is 1.14 bits per heavy atom. The van der Waals surface area contributed by atoms with Crippen molar-refractivity contribution in [2.75, 3.05) is 22.9 Å². The van der Waals surface area contributed by atoms with E-state index in [-0.39, 0.29) is 0 Å². The molecule has 4 rings (SSSR count). The number of nitrogens with zero attached hydrogens (tertiary/aromatic N) is 2. The van der Waals surface area contributed by atoms with Gasteiger partial charge in [-0.3, -0.25) is 0 Å². The van der Waals surface area contributed by atoms with Crippen LogP contribution in [-0.2, 0) is 0 Å². The van der Waals surface area contributed by atoms with Crippen LogP contribution < -0.4 is 22.9 Å². The molecule has 0 spiro atoms. The highest BCUT2D eigenvalue weighted by atomic mass is 14.8. The van der Waals surface area contributed by atoms with E-state index >= 15 is 0 Å². The summed E-state index contributed by atoms with van der Waals surface area (Å²) in [4.78, 5) is 9.45. The molecule has 4 aromatic rings. The van der Waals surface area contributed by atoms with E-state index in [0.29, 0.717) is 34.1 Å². The lowest BCUT2D eigenvalue weighted by molar-refractivity contribution is 1.25. The zero-order chi connectivity index (χ0) is 19.7. The predicted octanol–water partition coefficient (Wildman–Crippen LogP) is 3.81. The van der Waals surface area contributed by atoms with Crippen molar-refractivity contribution in [2.24, 2.45) is 0 Å². The van der Waals surface area contributed by atoms with Crippen LogP contribution in [0, 0.1) is 0 Å². The molecule has 0 amide bonds. The summed E-state index contributed by atoms with van der Waals surface area (Å²) < 4.78 is 0. The van der Waals surface area contributed by atoms with E-state index in [4.69, 9.17) is 32.9 Å². The van der Waals surface area contributed by atoms with Crippen molar-refractivity contribution >= 4 is 22.7 Å². The van der Waals surface area contributed by atoms with Crippen LogP contribution in [0.25, 0.3) is 33.9 Å². The number of nitrogens with two attached hydrogens (primary N) is 4. The molecule has 0 unspecified atom stereocenters. The Hall–Kier alpha value is -4.06. The second-order valence-electron chi connectivity index (χ2n) is 6.51. The van der Waals surface area contributed by atoms with Crippen LogP contribution in [0.2, 0.25) is 0 Å². The summed E-state index contributed by atoms with van der Waals surface area (Å²) in [5.74, 6) is 0. The van der Waals surface area contributed by atoms with Gasteiger partial charge in [-0.25, -0.2) is 9.97 Å². The first-order chi connectivity index (χ1) is 13.5. The first-order valence-corrected chi connectivity index (χ1v) is 8.76. The molecule has 0 bridgehead atoms. The monoisotopic (exact) mass is 368 g/mol. The molecule has 0 saturated carbocycles. The van der Waals surface area contributed by atoms with Gasteiger partial charge in [-0.05, 0) is 48.5 Å². The fourth-order valence-electron chi connectivity index (χ4n) is 2.95. The Balaban J connectivity index is 1.82. The van der Waals surface area contributed by atoms with Crippen molar-refractivity contribution in [3.05, 3.63) is 72.8 Å². The van der Waals surface area contributed by atoms with Crippen molar-refractivity contribution in [3.8, 4) is 33.9 Å². The first kappa shape index (κ1) is 17.4. The van der Waals surface area contributed by atoms with Gasteiger partial charge in [0, 0.05) is 22.5 Å². The third-order valence-electron chi connectivity index (χ3n) is 4.49. The quantitative estimate of drug-likeness (QED) is 0.407. The van der Waals surface area contributed by atoms with Crippen molar-refractivity contribution in [1.29, 1.82) is 0 Å². The molecule has 6 nitrogen and oxygen atoms in total. The summed E-state index contributed by atoms with van der Waals surface area (Å²) in [5, 5.41) is 0. The molecule has 28 heavy (non-hydrogen) atoms. The Morgan fingerprint density at radius 1 is 0.429 bits per heavy atom. The number of pyridine rings is 2. The number of aromatic nitrogens is 2. The van der Waals surface area contributed by atoms with Crippen LogP contribution in [-0.4, -0.2) is 9.97 Å². The zero-order valence-corrected chi connectivity index (χ0v) is 15.1. The number of anilines is 4. The molecule has 8 N–H and O–H groups in total. The van der Waals surface area contributed by atoms with Gasteiger partial charge in [-0.2, -0.15) is 0 Å². The molecule has 0 fully saturated rings. The Kier molecular flexibility index (Phi) is 4.29. The summed E-state index contributed by atoms with van der Waals surface area (Å²) in [6.45, 7) is 0. The van der Waals surface area contributed by atoms with E-state index < -0.39 is 0 Å². The van der Waals surface area contributed by atoms with Gasteiger partial charge < -0.3 is 22.9 Å².